The third kappa shape index (κ3) is 4.55. The molecule has 2 fully saturated rings. The maximum Gasteiger partial charge on any atom is 0.225 e. The van der Waals surface area contributed by atoms with E-state index in [0.717, 1.165) is 56.2 Å². The predicted molar refractivity (Wildman–Crippen MR) is 112 cm³/mol. The van der Waals surface area contributed by atoms with Crippen LogP contribution in [0.15, 0.2) is 36.7 Å². The third-order valence-corrected chi connectivity index (χ3v) is 5.84. The number of nitrogens with one attached hydrogen (secondary N) is 1. The molecule has 0 saturated carbocycles. The van der Waals surface area contributed by atoms with Crippen LogP contribution in [0.5, 0.6) is 0 Å². The van der Waals surface area contributed by atoms with E-state index in [0.29, 0.717) is 11.6 Å². The summed E-state index contributed by atoms with van der Waals surface area (Å²) in [5.74, 6) is 1.01. The van der Waals surface area contributed by atoms with Crippen molar-refractivity contribution < 1.29 is 4.79 Å². The molecule has 28 heavy (non-hydrogen) atoms. The number of halogens is 1. The summed E-state index contributed by atoms with van der Waals surface area (Å²) >= 11 is 6.00. The minimum absolute atomic E-state index is 0.0558. The van der Waals surface area contributed by atoms with Gasteiger partial charge in [-0.1, -0.05) is 23.7 Å². The largest absolute Gasteiger partial charge is 0.369 e. The van der Waals surface area contributed by atoms with Gasteiger partial charge in [-0.15, -0.1) is 0 Å². The van der Waals surface area contributed by atoms with Crippen LogP contribution in [0.25, 0.3) is 0 Å². The van der Waals surface area contributed by atoms with E-state index in [-0.39, 0.29) is 11.8 Å². The second-order valence-electron chi connectivity index (χ2n) is 7.54. The van der Waals surface area contributed by atoms with Crippen LogP contribution in [0, 0.1) is 5.92 Å². The van der Waals surface area contributed by atoms with Crippen molar-refractivity contribution in [1.29, 1.82) is 0 Å². The van der Waals surface area contributed by atoms with E-state index in [1.54, 1.807) is 0 Å². The molecule has 1 amide bonds. The van der Waals surface area contributed by atoms with Crippen molar-refractivity contribution in [3.05, 3.63) is 47.2 Å². The lowest BCUT2D eigenvalue weighted by Gasteiger charge is -2.32. The average Bonchev–Trinajstić information content (AvgIpc) is 3.27. The summed E-state index contributed by atoms with van der Waals surface area (Å²) in [5, 5.41) is 3.74. The summed E-state index contributed by atoms with van der Waals surface area (Å²) in [4.78, 5) is 26.1. The van der Waals surface area contributed by atoms with E-state index < -0.39 is 0 Å². The van der Waals surface area contributed by atoms with Crippen LogP contribution in [0.2, 0.25) is 5.02 Å². The first kappa shape index (κ1) is 19.0. The quantitative estimate of drug-likeness (QED) is 0.836. The average molecular weight is 400 g/mol. The van der Waals surface area contributed by atoms with Gasteiger partial charge in [-0.25, -0.2) is 9.97 Å². The van der Waals surface area contributed by atoms with Crippen LogP contribution in [0.3, 0.4) is 0 Å². The molecule has 4 rings (SSSR count). The van der Waals surface area contributed by atoms with Gasteiger partial charge in [0, 0.05) is 43.7 Å². The lowest BCUT2D eigenvalue weighted by Crippen LogP contribution is -2.40. The fourth-order valence-electron chi connectivity index (χ4n) is 3.94. The Morgan fingerprint density at radius 2 is 1.79 bits per heavy atom. The molecule has 1 aromatic heterocycles. The van der Waals surface area contributed by atoms with Crippen LogP contribution in [-0.4, -0.2) is 42.1 Å². The molecule has 0 atom stereocenters. The Hall–Kier alpha value is -2.34. The maximum atomic E-state index is 12.5. The summed E-state index contributed by atoms with van der Waals surface area (Å²) in [6.07, 6.45) is 7.96. The van der Waals surface area contributed by atoms with Gasteiger partial charge in [-0.3, -0.25) is 4.79 Å². The molecule has 2 aromatic rings. The molecule has 0 aliphatic carbocycles. The van der Waals surface area contributed by atoms with Gasteiger partial charge in [0.2, 0.25) is 11.9 Å². The maximum absolute atomic E-state index is 12.5. The van der Waals surface area contributed by atoms with Gasteiger partial charge in [0.05, 0.1) is 18.1 Å². The van der Waals surface area contributed by atoms with Gasteiger partial charge in [0.15, 0.2) is 0 Å². The van der Waals surface area contributed by atoms with Crippen molar-refractivity contribution in [2.45, 2.75) is 32.2 Å². The molecule has 0 spiro atoms. The molecule has 1 N–H and O–H groups in total. The standard InChI is InChI=1S/C21H26ClN5O/c22-18-5-3-4-16(12-18)13-23-20(28)17-6-10-26(11-7-17)19-14-24-21(25-15-19)27-8-1-2-9-27/h3-5,12,14-15,17H,1-2,6-11,13H2,(H,23,28). The van der Waals surface area contributed by atoms with Crippen molar-refractivity contribution in [3.8, 4) is 0 Å². The van der Waals surface area contributed by atoms with Crippen molar-refractivity contribution >= 4 is 29.1 Å². The van der Waals surface area contributed by atoms with Crippen LogP contribution < -0.4 is 15.1 Å². The van der Waals surface area contributed by atoms with E-state index in [1.165, 1.54) is 12.8 Å². The van der Waals surface area contributed by atoms with Gasteiger partial charge in [-0.2, -0.15) is 0 Å². The number of carbonyl (C=O) groups excluding carboxylic acids is 1. The number of aromatic nitrogens is 2. The van der Waals surface area contributed by atoms with Crippen LogP contribution in [-0.2, 0) is 11.3 Å². The highest BCUT2D eigenvalue weighted by Gasteiger charge is 2.25. The molecule has 1 aromatic carbocycles. The minimum atomic E-state index is 0.0558. The molecule has 2 aliphatic rings. The summed E-state index contributed by atoms with van der Waals surface area (Å²) in [6, 6.07) is 7.60. The zero-order valence-corrected chi connectivity index (χ0v) is 16.7. The van der Waals surface area contributed by atoms with E-state index in [9.17, 15) is 4.79 Å². The molecule has 0 radical (unpaired) electrons. The first-order valence-corrected chi connectivity index (χ1v) is 10.4. The molecule has 3 heterocycles. The smallest absolute Gasteiger partial charge is 0.225 e. The second-order valence-corrected chi connectivity index (χ2v) is 7.98. The highest BCUT2D eigenvalue weighted by atomic mass is 35.5. The van der Waals surface area contributed by atoms with Gasteiger partial charge in [0.25, 0.3) is 0 Å². The van der Waals surface area contributed by atoms with Crippen molar-refractivity contribution in [1.82, 2.24) is 15.3 Å². The van der Waals surface area contributed by atoms with Crippen molar-refractivity contribution in [3.63, 3.8) is 0 Å². The number of piperidine rings is 1. The highest BCUT2D eigenvalue weighted by molar-refractivity contribution is 6.30. The monoisotopic (exact) mass is 399 g/mol. The number of amides is 1. The van der Waals surface area contributed by atoms with Gasteiger partial charge in [-0.05, 0) is 43.4 Å². The number of carbonyl (C=O) groups is 1. The first-order valence-electron chi connectivity index (χ1n) is 10.0. The summed E-state index contributed by atoms with van der Waals surface area (Å²) < 4.78 is 0. The van der Waals surface area contributed by atoms with E-state index in [2.05, 4.69) is 25.1 Å². The molecule has 2 saturated heterocycles. The Labute approximate surface area is 170 Å². The Bertz CT molecular complexity index is 799. The Morgan fingerprint density at radius 1 is 1.07 bits per heavy atom. The number of nitrogens with zero attached hydrogens (tertiary/aromatic N) is 4. The topological polar surface area (TPSA) is 61.4 Å². The lowest BCUT2D eigenvalue weighted by molar-refractivity contribution is -0.125. The summed E-state index contributed by atoms with van der Waals surface area (Å²) in [6.45, 7) is 4.32. The Balaban J connectivity index is 1.26. The molecular weight excluding hydrogens is 374 g/mol. The minimum Gasteiger partial charge on any atom is -0.369 e. The molecule has 0 bridgehead atoms. The molecule has 7 heteroatoms. The number of anilines is 2. The molecule has 148 valence electrons. The van der Waals surface area contributed by atoms with Crippen LogP contribution in [0.4, 0.5) is 11.6 Å². The van der Waals surface area contributed by atoms with Crippen molar-refractivity contribution in [2.24, 2.45) is 5.92 Å². The molecular formula is C21H26ClN5O. The van der Waals surface area contributed by atoms with E-state index in [4.69, 9.17) is 11.6 Å². The van der Waals surface area contributed by atoms with Crippen LogP contribution in [0.1, 0.15) is 31.2 Å². The van der Waals surface area contributed by atoms with Gasteiger partial charge >= 0.3 is 0 Å². The molecule has 6 nitrogen and oxygen atoms in total. The molecule has 2 aliphatic heterocycles. The van der Waals surface area contributed by atoms with Gasteiger partial charge < -0.3 is 15.1 Å². The highest BCUT2D eigenvalue weighted by Crippen LogP contribution is 2.24. The van der Waals surface area contributed by atoms with E-state index >= 15 is 0 Å². The Kier molecular flexibility index (Phi) is 5.95. The van der Waals surface area contributed by atoms with Crippen molar-refractivity contribution in [2.75, 3.05) is 36.0 Å². The fraction of sp³-hybridized carbons (Fsp3) is 0.476. The normalized spacial score (nSPS) is 17.8. The van der Waals surface area contributed by atoms with Crippen LogP contribution >= 0.6 is 11.6 Å². The summed E-state index contributed by atoms with van der Waals surface area (Å²) in [5.41, 5.74) is 2.06. The fourth-order valence-corrected chi connectivity index (χ4v) is 4.15. The zero-order chi connectivity index (χ0) is 19.3. The van der Waals surface area contributed by atoms with Gasteiger partial charge in [0.1, 0.15) is 0 Å². The third-order valence-electron chi connectivity index (χ3n) is 5.60. The SMILES string of the molecule is O=C(NCc1cccc(Cl)c1)C1CCN(c2cnc(N3CCCC3)nc2)CC1. The lowest BCUT2D eigenvalue weighted by atomic mass is 9.95. The second kappa shape index (κ2) is 8.78. The number of rotatable bonds is 5. The van der Waals surface area contributed by atoms with E-state index in [1.807, 2.05) is 36.7 Å². The Morgan fingerprint density at radius 3 is 2.46 bits per heavy atom. The predicted octanol–water partition coefficient (Wildman–Crippen LogP) is 3.26. The number of benzene rings is 1. The number of hydrogen-bond acceptors (Lipinski definition) is 5. The summed E-state index contributed by atoms with van der Waals surface area (Å²) in [7, 11) is 0. The first-order chi connectivity index (χ1) is 13.7. The molecule has 0 unspecified atom stereocenters. The number of hydrogen-bond donors (Lipinski definition) is 1. The zero-order valence-electron chi connectivity index (χ0n) is 16.0.